The number of carbonyl (C=O) groups excluding carboxylic acids is 2. The lowest BCUT2D eigenvalue weighted by molar-refractivity contribution is -0.152. The summed E-state index contributed by atoms with van der Waals surface area (Å²) in [5.74, 6) is -0.0461. The van der Waals surface area contributed by atoms with Gasteiger partial charge in [-0.15, -0.1) is 0 Å². The van der Waals surface area contributed by atoms with Crippen molar-refractivity contribution in [2.24, 2.45) is 11.8 Å². The van der Waals surface area contributed by atoms with Gasteiger partial charge in [-0.05, 0) is 60.3 Å². The third-order valence-electron chi connectivity index (χ3n) is 6.79. The number of hydrogen-bond donors (Lipinski definition) is 1. The van der Waals surface area contributed by atoms with E-state index in [1.54, 1.807) is 29.2 Å². The molecule has 2 aromatic rings. The predicted octanol–water partition coefficient (Wildman–Crippen LogP) is 2.11. The van der Waals surface area contributed by atoms with Crippen molar-refractivity contribution >= 4 is 21.7 Å². The van der Waals surface area contributed by atoms with Gasteiger partial charge in [0.25, 0.3) is 0 Å². The second-order valence-electron chi connectivity index (χ2n) is 9.05. The lowest BCUT2D eigenvalue weighted by Crippen LogP contribution is -2.65. The first-order valence-corrected chi connectivity index (χ1v) is 12.7. The smallest absolute Gasteiger partial charge is 0.246 e. The number of amides is 2. The van der Waals surface area contributed by atoms with Gasteiger partial charge in [0.2, 0.25) is 11.8 Å². The van der Waals surface area contributed by atoms with Crippen LogP contribution < -0.4 is 5.32 Å². The number of carbonyl (C=O) groups is 2. The fourth-order valence-electron chi connectivity index (χ4n) is 5.14. The molecule has 5 rings (SSSR count). The van der Waals surface area contributed by atoms with E-state index in [4.69, 9.17) is 0 Å². The van der Waals surface area contributed by atoms with E-state index >= 15 is 0 Å². The average molecular weight is 439 g/mol. The highest BCUT2D eigenvalue weighted by atomic mass is 32.2. The van der Waals surface area contributed by atoms with Crippen LogP contribution in [0.15, 0.2) is 53.4 Å². The van der Waals surface area contributed by atoms with Gasteiger partial charge < -0.3 is 10.2 Å². The van der Waals surface area contributed by atoms with Crippen LogP contribution in [0.4, 0.5) is 0 Å². The highest BCUT2D eigenvalue weighted by Gasteiger charge is 2.50. The van der Waals surface area contributed by atoms with Crippen LogP contribution in [0.25, 0.3) is 0 Å². The summed E-state index contributed by atoms with van der Waals surface area (Å²) in [6.07, 6.45) is 4.52. The Bertz CT molecular complexity index is 1130. The summed E-state index contributed by atoms with van der Waals surface area (Å²) in [4.78, 5) is 28.7. The van der Waals surface area contributed by atoms with Crippen molar-refractivity contribution in [3.8, 4) is 0 Å². The van der Waals surface area contributed by atoms with Gasteiger partial charge >= 0.3 is 0 Å². The van der Waals surface area contributed by atoms with Crippen LogP contribution in [0.2, 0.25) is 0 Å². The summed E-state index contributed by atoms with van der Waals surface area (Å²) in [5, 5.41) is 3.03. The summed E-state index contributed by atoms with van der Waals surface area (Å²) in [6, 6.07) is 13.8. The molecule has 6 nitrogen and oxygen atoms in total. The first-order valence-electron chi connectivity index (χ1n) is 10.8. The normalized spacial score (nSPS) is 24.2. The molecular formula is C24H26N2O4S. The Labute approximate surface area is 182 Å². The zero-order chi connectivity index (χ0) is 21.8. The van der Waals surface area contributed by atoms with Crippen LogP contribution in [0.1, 0.15) is 29.5 Å². The van der Waals surface area contributed by atoms with Crippen LogP contribution in [0, 0.1) is 11.8 Å². The molecule has 0 unspecified atom stereocenters. The number of nitrogens with zero attached hydrogens (tertiary/aromatic N) is 1. The molecule has 162 valence electrons. The molecule has 0 bridgehead atoms. The second-order valence-corrected chi connectivity index (χ2v) is 11.0. The number of hydrogen-bond acceptors (Lipinski definition) is 4. The zero-order valence-corrected chi connectivity index (χ0v) is 18.3. The van der Waals surface area contributed by atoms with Gasteiger partial charge in [0.1, 0.15) is 12.1 Å². The van der Waals surface area contributed by atoms with Gasteiger partial charge in [-0.25, -0.2) is 8.42 Å². The van der Waals surface area contributed by atoms with Gasteiger partial charge in [-0.2, -0.15) is 0 Å². The molecule has 0 aromatic heterocycles. The number of fused-ring (bicyclic) bond motifs is 1. The minimum absolute atomic E-state index is 0.0154. The molecule has 31 heavy (non-hydrogen) atoms. The molecule has 1 saturated heterocycles. The van der Waals surface area contributed by atoms with E-state index in [2.05, 4.69) is 17.4 Å². The molecule has 1 heterocycles. The first kappa shape index (κ1) is 20.2. The second kappa shape index (κ2) is 7.48. The number of benzene rings is 2. The van der Waals surface area contributed by atoms with Gasteiger partial charge in [0.15, 0.2) is 9.84 Å². The maximum absolute atomic E-state index is 13.7. The Hall–Kier alpha value is -2.67. The Balaban J connectivity index is 1.46. The molecule has 1 N–H and O–H groups in total. The van der Waals surface area contributed by atoms with E-state index in [1.165, 1.54) is 17.4 Å². The lowest BCUT2D eigenvalue weighted by atomic mass is 9.91. The SMILES string of the molecule is CS(=O)(=O)c1ccccc1CN1C(=O)[C@@H](C2Cc3ccccc3C2)NC(=O)[C@H]1C1CC1. The molecule has 7 heteroatoms. The highest BCUT2D eigenvalue weighted by molar-refractivity contribution is 7.90. The standard InChI is InChI=1S/C24H26N2O4S/c1-31(29,30)20-9-5-4-8-18(20)14-26-22(15-10-11-15)23(27)25-21(24(26)28)19-12-16-6-2-3-7-17(16)13-19/h2-9,15,19,21-22H,10-14H2,1H3,(H,25,27)/t21-,22-/m1/s1. The summed E-state index contributed by atoms with van der Waals surface area (Å²) < 4.78 is 24.6. The fraction of sp³-hybridized carbons (Fsp3) is 0.417. The van der Waals surface area contributed by atoms with Crippen molar-refractivity contribution in [3.05, 3.63) is 65.2 Å². The predicted molar refractivity (Wildman–Crippen MR) is 116 cm³/mol. The molecule has 1 saturated carbocycles. The molecule has 1 aliphatic heterocycles. The maximum Gasteiger partial charge on any atom is 0.246 e. The Morgan fingerprint density at radius 1 is 0.935 bits per heavy atom. The molecule has 3 aliphatic rings. The monoisotopic (exact) mass is 438 g/mol. The van der Waals surface area contributed by atoms with Crippen molar-refractivity contribution in [2.45, 2.75) is 49.2 Å². The number of piperazine rings is 1. The minimum Gasteiger partial charge on any atom is -0.342 e. The third kappa shape index (κ3) is 3.76. The Morgan fingerprint density at radius 3 is 2.16 bits per heavy atom. The van der Waals surface area contributed by atoms with Crippen molar-refractivity contribution in [2.75, 3.05) is 6.26 Å². The topological polar surface area (TPSA) is 83.6 Å². The molecule has 0 radical (unpaired) electrons. The van der Waals surface area contributed by atoms with E-state index < -0.39 is 21.9 Å². The molecular weight excluding hydrogens is 412 g/mol. The van der Waals surface area contributed by atoms with E-state index in [1.807, 2.05) is 12.1 Å². The first-order chi connectivity index (χ1) is 14.8. The van der Waals surface area contributed by atoms with E-state index in [9.17, 15) is 18.0 Å². The third-order valence-corrected chi connectivity index (χ3v) is 7.98. The van der Waals surface area contributed by atoms with Crippen molar-refractivity contribution in [3.63, 3.8) is 0 Å². The van der Waals surface area contributed by atoms with Crippen LogP contribution >= 0.6 is 0 Å². The van der Waals surface area contributed by atoms with Gasteiger partial charge in [0, 0.05) is 12.8 Å². The fourth-order valence-corrected chi connectivity index (χ4v) is 6.08. The molecule has 2 amide bonds. The molecule has 2 atom stereocenters. The van der Waals surface area contributed by atoms with Crippen LogP contribution in [-0.2, 0) is 38.8 Å². The zero-order valence-electron chi connectivity index (χ0n) is 17.5. The number of nitrogens with one attached hydrogen (secondary N) is 1. The molecule has 0 spiro atoms. The van der Waals surface area contributed by atoms with Crippen molar-refractivity contribution in [1.82, 2.24) is 10.2 Å². The molecule has 2 aromatic carbocycles. The minimum atomic E-state index is -3.44. The van der Waals surface area contributed by atoms with Gasteiger partial charge in [-0.1, -0.05) is 42.5 Å². The van der Waals surface area contributed by atoms with E-state index in [0.29, 0.717) is 5.56 Å². The molecule has 2 fully saturated rings. The van der Waals surface area contributed by atoms with E-state index in [0.717, 1.165) is 25.7 Å². The van der Waals surface area contributed by atoms with Gasteiger partial charge in [-0.3, -0.25) is 9.59 Å². The largest absolute Gasteiger partial charge is 0.342 e. The number of rotatable bonds is 5. The van der Waals surface area contributed by atoms with Crippen LogP contribution in [-0.4, -0.2) is 43.5 Å². The van der Waals surface area contributed by atoms with Crippen molar-refractivity contribution in [1.29, 1.82) is 0 Å². The highest BCUT2D eigenvalue weighted by Crippen LogP contribution is 2.39. The van der Waals surface area contributed by atoms with Crippen molar-refractivity contribution < 1.29 is 18.0 Å². The average Bonchev–Trinajstić information content (AvgIpc) is 3.47. The summed E-state index contributed by atoms with van der Waals surface area (Å²) in [6.45, 7) is 0.132. The number of sulfone groups is 1. The summed E-state index contributed by atoms with van der Waals surface area (Å²) in [5.41, 5.74) is 3.02. The van der Waals surface area contributed by atoms with Crippen LogP contribution in [0.5, 0.6) is 0 Å². The van der Waals surface area contributed by atoms with E-state index in [-0.39, 0.29) is 35.1 Å². The molecule has 2 aliphatic carbocycles. The Kier molecular flexibility index (Phi) is 4.88. The maximum atomic E-state index is 13.7. The summed E-state index contributed by atoms with van der Waals surface area (Å²) >= 11 is 0. The summed E-state index contributed by atoms with van der Waals surface area (Å²) in [7, 11) is -3.44. The van der Waals surface area contributed by atoms with Gasteiger partial charge in [0.05, 0.1) is 4.90 Å². The van der Waals surface area contributed by atoms with Crippen LogP contribution in [0.3, 0.4) is 0 Å². The lowest BCUT2D eigenvalue weighted by Gasteiger charge is -2.41. The Morgan fingerprint density at radius 2 is 1.55 bits per heavy atom. The quantitative estimate of drug-likeness (QED) is 0.775.